The molecule has 4 saturated heterocycles. The Labute approximate surface area is 284 Å². The summed E-state index contributed by atoms with van der Waals surface area (Å²) in [5, 5.41) is 9.89. The molecule has 10 rings (SSSR count). The Morgan fingerprint density at radius 1 is 0.714 bits per heavy atom. The molecule has 0 radical (unpaired) electrons. The van der Waals surface area contributed by atoms with E-state index in [4.69, 9.17) is 27.6 Å². The molecule has 262 valence electrons. The first-order chi connectivity index (χ1) is 23.6. The number of anilines is 2. The number of halogens is 2. The summed E-state index contributed by atoms with van der Waals surface area (Å²) in [5.74, 6) is 0.813. The van der Waals surface area contributed by atoms with Gasteiger partial charge in [0.1, 0.15) is 37.1 Å². The average Bonchev–Trinajstić information content (AvgIpc) is 3.34. The summed E-state index contributed by atoms with van der Waals surface area (Å²) in [6, 6.07) is 0.125. The van der Waals surface area contributed by atoms with E-state index >= 15 is 8.78 Å². The molecule has 0 spiro atoms. The zero-order chi connectivity index (χ0) is 33.7. The molecule has 0 aromatic carbocycles. The molecular formula is C24H27F2N11O8P2S2. The number of alkyl halides is 2. The van der Waals surface area contributed by atoms with Crippen molar-refractivity contribution >= 4 is 72.1 Å². The number of aromatic nitrogens is 8. The summed E-state index contributed by atoms with van der Waals surface area (Å²) in [6.45, 7) is -9.08. The monoisotopic (exact) mass is 761 g/mol. The van der Waals surface area contributed by atoms with Gasteiger partial charge in [0.15, 0.2) is 58.8 Å². The molecule has 6 aliphatic rings. The van der Waals surface area contributed by atoms with E-state index in [1.165, 1.54) is 34.4 Å². The normalized spacial score (nSPS) is 40.8. The van der Waals surface area contributed by atoms with Crippen LogP contribution in [0.15, 0.2) is 25.3 Å². The van der Waals surface area contributed by atoms with E-state index in [2.05, 4.69) is 70.4 Å². The van der Waals surface area contributed by atoms with Gasteiger partial charge in [0.05, 0.1) is 25.9 Å². The van der Waals surface area contributed by atoms with E-state index in [-0.39, 0.29) is 23.4 Å². The van der Waals surface area contributed by atoms with Crippen molar-refractivity contribution in [2.45, 2.75) is 61.3 Å². The Morgan fingerprint density at radius 3 is 1.61 bits per heavy atom. The first-order valence-electron chi connectivity index (χ1n) is 15.0. The molecule has 25 heteroatoms. The Bertz CT molecular complexity index is 1890. The minimum absolute atomic E-state index is 0.0626. The van der Waals surface area contributed by atoms with Crippen molar-refractivity contribution in [2.24, 2.45) is 0 Å². The van der Waals surface area contributed by atoms with Gasteiger partial charge in [-0.25, -0.2) is 47.8 Å². The van der Waals surface area contributed by atoms with Crippen LogP contribution >= 0.6 is 38.1 Å². The van der Waals surface area contributed by atoms with Crippen LogP contribution in [0, 0.1) is 0 Å². The summed E-state index contributed by atoms with van der Waals surface area (Å²) in [6.07, 6.45) is -7.49. The van der Waals surface area contributed by atoms with Gasteiger partial charge < -0.3 is 25.4 Å². The summed E-state index contributed by atoms with van der Waals surface area (Å²) in [5.41, 5.74) is 1.14. The van der Waals surface area contributed by atoms with Gasteiger partial charge in [-0.2, -0.15) is 0 Å². The SMILES string of the molecule is O=[P@]1(S)OC[C@H]2O[C@@H]3[C@H](F)[C@@H]2O[P@](=O)(S)OC[C@H]2OC([C@H](F)[C@@H]2O1)n1cnc2c(ncnc21)NCC1NC1CNc1ncnc2c1ncn23. The predicted molar refractivity (Wildman–Crippen MR) is 171 cm³/mol. The topological polar surface area (TPSA) is 223 Å². The fourth-order valence-electron chi connectivity index (χ4n) is 6.43. The molecule has 12 atom stereocenters. The fraction of sp³-hybridized carbons (Fsp3) is 0.583. The van der Waals surface area contributed by atoms with Crippen molar-refractivity contribution in [1.82, 2.24) is 44.4 Å². The Kier molecular flexibility index (Phi) is 7.93. The van der Waals surface area contributed by atoms with Crippen LogP contribution in [0.2, 0.25) is 0 Å². The van der Waals surface area contributed by atoms with E-state index in [0.717, 1.165) is 0 Å². The summed E-state index contributed by atoms with van der Waals surface area (Å²) in [7, 11) is 0. The molecule has 10 heterocycles. The third-order valence-corrected chi connectivity index (χ3v) is 12.1. The van der Waals surface area contributed by atoms with Gasteiger partial charge in [0, 0.05) is 25.2 Å². The zero-order valence-electron chi connectivity index (χ0n) is 24.8. The zero-order valence-corrected chi connectivity index (χ0v) is 28.4. The highest BCUT2D eigenvalue weighted by Gasteiger charge is 2.54. The van der Waals surface area contributed by atoms with Crippen LogP contribution in [0.25, 0.3) is 22.3 Å². The summed E-state index contributed by atoms with van der Waals surface area (Å²) in [4.78, 5) is 26.0. The number of ether oxygens (including phenoxy) is 2. The maximum Gasteiger partial charge on any atom is 0.386 e. The maximum atomic E-state index is 16.3. The molecule has 0 aliphatic carbocycles. The molecular weight excluding hydrogens is 734 g/mol. The average molecular weight is 762 g/mol. The first-order valence-corrected chi connectivity index (χ1v) is 20.4. The molecule has 49 heavy (non-hydrogen) atoms. The lowest BCUT2D eigenvalue weighted by Crippen LogP contribution is -2.36. The lowest BCUT2D eigenvalue weighted by molar-refractivity contribution is -0.0544. The minimum atomic E-state index is -4.39. The van der Waals surface area contributed by atoms with Crippen LogP contribution in [0.3, 0.4) is 0 Å². The Hall–Kier alpha value is -2.56. The van der Waals surface area contributed by atoms with Gasteiger partial charge in [-0.1, -0.05) is 24.5 Å². The second-order valence-corrected chi connectivity index (χ2v) is 17.7. The highest BCUT2D eigenvalue weighted by molar-refractivity contribution is 8.44. The van der Waals surface area contributed by atoms with Crippen molar-refractivity contribution in [1.29, 1.82) is 0 Å². The molecule has 3 N–H and O–H groups in total. The second-order valence-electron chi connectivity index (χ2n) is 11.9. The van der Waals surface area contributed by atoms with Crippen LogP contribution in [0.5, 0.6) is 0 Å². The van der Waals surface area contributed by atoms with Crippen molar-refractivity contribution in [3.63, 3.8) is 0 Å². The molecule has 4 fully saturated rings. The Morgan fingerprint density at radius 2 is 1.16 bits per heavy atom. The van der Waals surface area contributed by atoms with Crippen LogP contribution in [-0.4, -0.2) is 114 Å². The lowest BCUT2D eigenvalue weighted by Gasteiger charge is -2.28. The molecule has 4 aromatic heterocycles. The maximum absolute atomic E-state index is 16.3. The standard InChI is InChI=1S/C24H27F2N11O8P2S2/c25-13-17-11-3-40-47(39,49)45-18-12(4-41-46(38,48)44-17)43-24(14(18)26)37-8-34-16-20(30-6-32-22(16)37)28-2-10-9(35-10)1-27-19-15-21(31-5-29-19)36(7-33-15)23(13)42-11/h5-14,17-18,23-24,35H,1-4H2,(H,38,48)(H,39,49)(H,27,29,31)(H,28,30,32)/t9?,10?,11-,12-,13-,14-,17-,18-,23-,24?,46-,47+/m1/s1. The highest BCUT2D eigenvalue weighted by Crippen LogP contribution is 2.60. The predicted octanol–water partition coefficient (Wildman–Crippen LogP) is 2.21. The molecule has 14 bridgehead atoms. The van der Waals surface area contributed by atoms with Crippen molar-refractivity contribution in [2.75, 3.05) is 36.9 Å². The van der Waals surface area contributed by atoms with E-state index in [9.17, 15) is 9.13 Å². The molecule has 3 unspecified atom stereocenters. The van der Waals surface area contributed by atoms with E-state index in [1.54, 1.807) is 0 Å². The third kappa shape index (κ3) is 5.81. The Balaban J connectivity index is 1.12. The van der Waals surface area contributed by atoms with Gasteiger partial charge in [-0.3, -0.25) is 27.2 Å². The number of hydrogen-bond donors (Lipinski definition) is 5. The van der Waals surface area contributed by atoms with Gasteiger partial charge in [0.2, 0.25) is 0 Å². The van der Waals surface area contributed by atoms with E-state index in [1.807, 2.05) is 0 Å². The van der Waals surface area contributed by atoms with Crippen molar-refractivity contribution in [3.8, 4) is 0 Å². The number of nitrogens with one attached hydrogen (secondary N) is 3. The smallest absolute Gasteiger partial charge is 0.366 e. The molecule has 6 aliphatic heterocycles. The van der Waals surface area contributed by atoms with Gasteiger partial charge in [-0.05, 0) is 0 Å². The van der Waals surface area contributed by atoms with Crippen molar-refractivity contribution < 1.29 is 45.5 Å². The first kappa shape index (κ1) is 32.4. The van der Waals surface area contributed by atoms with Crippen LogP contribution in [-0.2, 0) is 36.7 Å². The number of imidazole rings is 2. The third-order valence-electron chi connectivity index (χ3n) is 8.90. The summed E-state index contributed by atoms with van der Waals surface area (Å²) >= 11 is 8.12. The van der Waals surface area contributed by atoms with Crippen LogP contribution in [0.1, 0.15) is 12.5 Å². The second kappa shape index (κ2) is 12.0. The molecule has 0 saturated carbocycles. The van der Waals surface area contributed by atoms with Crippen LogP contribution in [0.4, 0.5) is 20.4 Å². The number of fused-ring (bicyclic) bond motifs is 8. The number of nitrogens with zero attached hydrogens (tertiary/aromatic N) is 8. The van der Waals surface area contributed by atoms with Crippen molar-refractivity contribution in [3.05, 3.63) is 25.3 Å². The fourth-order valence-corrected chi connectivity index (χ4v) is 9.39. The van der Waals surface area contributed by atoms with E-state index in [0.29, 0.717) is 35.8 Å². The minimum Gasteiger partial charge on any atom is -0.366 e. The van der Waals surface area contributed by atoms with Gasteiger partial charge >= 0.3 is 13.6 Å². The molecule has 4 aromatic rings. The molecule has 19 nitrogen and oxygen atoms in total. The lowest BCUT2D eigenvalue weighted by atomic mass is 10.1. The van der Waals surface area contributed by atoms with Crippen LogP contribution < -0.4 is 16.0 Å². The van der Waals surface area contributed by atoms with E-state index < -0.39 is 76.0 Å². The van der Waals surface area contributed by atoms with Gasteiger partial charge in [-0.15, -0.1) is 0 Å². The number of hydrogen-bond acceptors (Lipinski definition) is 17. The molecule has 0 amide bonds. The largest absolute Gasteiger partial charge is 0.386 e. The quantitative estimate of drug-likeness (QED) is 0.0984. The number of thiol groups is 2. The number of rotatable bonds is 0. The summed E-state index contributed by atoms with van der Waals surface area (Å²) < 4.78 is 96.4. The van der Waals surface area contributed by atoms with Gasteiger partial charge in [0.25, 0.3) is 0 Å². The highest BCUT2D eigenvalue weighted by atomic mass is 32.7.